The van der Waals surface area contributed by atoms with Crippen LogP contribution in [-0.4, -0.2) is 43.8 Å². The maximum absolute atomic E-state index is 5.88. The van der Waals surface area contributed by atoms with Gasteiger partial charge in [-0.3, -0.25) is 4.90 Å². The lowest BCUT2D eigenvalue weighted by Crippen LogP contribution is -2.33. The van der Waals surface area contributed by atoms with E-state index in [1.54, 1.807) is 7.11 Å². The smallest absolute Gasteiger partial charge is 0.164 e. The predicted octanol–water partition coefficient (Wildman–Crippen LogP) is 3.00. The molecule has 1 aromatic rings. The summed E-state index contributed by atoms with van der Waals surface area (Å²) >= 11 is 0. The van der Waals surface area contributed by atoms with Crippen molar-refractivity contribution in [3.63, 3.8) is 0 Å². The molecule has 0 saturated carbocycles. The fraction of sp³-hybridized carbons (Fsp3) is 0.619. The molecule has 25 heavy (non-hydrogen) atoms. The molecule has 4 rings (SSSR count). The average Bonchev–Trinajstić information content (AvgIpc) is 3.28. The number of ether oxygens (including phenoxy) is 2. The van der Waals surface area contributed by atoms with E-state index in [-0.39, 0.29) is 0 Å². The molecule has 3 heterocycles. The zero-order valence-corrected chi connectivity index (χ0v) is 15.5. The summed E-state index contributed by atoms with van der Waals surface area (Å²) in [5.74, 6) is 3.44. The van der Waals surface area contributed by atoms with Gasteiger partial charge in [0, 0.05) is 24.2 Å². The van der Waals surface area contributed by atoms with E-state index in [0.717, 1.165) is 48.4 Å². The van der Waals surface area contributed by atoms with Gasteiger partial charge in [0.2, 0.25) is 0 Å². The first-order valence-corrected chi connectivity index (χ1v) is 9.66. The Morgan fingerprint density at radius 3 is 2.56 bits per heavy atom. The van der Waals surface area contributed by atoms with E-state index in [1.807, 2.05) is 13.0 Å². The zero-order valence-electron chi connectivity index (χ0n) is 15.5. The van der Waals surface area contributed by atoms with Crippen molar-refractivity contribution in [3.8, 4) is 11.5 Å². The minimum Gasteiger partial charge on any atom is -0.493 e. The minimum absolute atomic E-state index is 0.651. The number of benzene rings is 1. The van der Waals surface area contributed by atoms with E-state index in [4.69, 9.17) is 9.47 Å². The van der Waals surface area contributed by atoms with E-state index in [2.05, 4.69) is 28.9 Å². The van der Waals surface area contributed by atoms with Gasteiger partial charge < -0.3 is 14.8 Å². The highest BCUT2D eigenvalue weighted by molar-refractivity contribution is 5.50. The molecule has 3 fully saturated rings. The largest absolute Gasteiger partial charge is 0.493 e. The number of methoxy groups -OCH3 is 1. The third kappa shape index (κ3) is 2.85. The molecule has 3 aliphatic heterocycles. The van der Waals surface area contributed by atoms with Crippen molar-refractivity contribution in [1.82, 2.24) is 10.2 Å². The van der Waals surface area contributed by atoms with Crippen LogP contribution in [-0.2, 0) is 13.0 Å². The predicted molar refractivity (Wildman–Crippen MR) is 100 cm³/mol. The summed E-state index contributed by atoms with van der Waals surface area (Å²) in [4.78, 5) is 2.77. The van der Waals surface area contributed by atoms with Crippen LogP contribution in [0.5, 0.6) is 11.5 Å². The van der Waals surface area contributed by atoms with Gasteiger partial charge in [-0.15, -0.1) is 6.58 Å². The third-order valence-electron chi connectivity index (χ3n) is 6.33. The quantitative estimate of drug-likeness (QED) is 0.773. The Labute approximate surface area is 151 Å². The van der Waals surface area contributed by atoms with Crippen LogP contribution < -0.4 is 14.8 Å². The molecule has 0 unspecified atom stereocenters. The Hall–Kier alpha value is -1.52. The second-order valence-electron chi connectivity index (χ2n) is 7.58. The van der Waals surface area contributed by atoms with E-state index >= 15 is 0 Å². The second-order valence-corrected chi connectivity index (χ2v) is 7.58. The molecule has 1 aromatic carbocycles. The highest BCUT2D eigenvalue weighted by Gasteiger charge is 2.54. The van der Waals surface area contributed by atoms with Crippen molar-refractivity contribution in [2.24, 2.45) is 11.8 Å². The lowest BCUT2D eigenvalue weighted by atomic mass is 9.82. The van der Waals surface area contributed by atoms with Gasteiger partial charge in [-0.25, -0.2) is 0 Å². The molecular formula is C21H30N2O2. The van der Waals surface area contributed by atoms with E-state index in [1.165, 1.54) is 37.1 Å². The molecule has 4 nitrogen and oxygen atoms in total. The van der Waals surface area contributed by atoms with Crippen LogP contribution >= 0.6 is 0 Å². The van der Waals surface area contributed by atoms with Crippen LogP contribution in [0.1, 0.15) is 30.9 Å². The fourth-order valence-corrected chi connectivity index (χ4v) is 5.46. The summed E-state index contributed by atoms with van der Waals surface area (Å²) in [6.07, 6.45) is 5.47. The van der Waals surface area contributed by atoms with E-state index in [0.29, 0.717) is 6.61 Å². The van der Waals surface area contributed by atoms with Crippen LogP contribution in [0.25, 0.3) is 0 Å². The monoisotopic (exact) mass is 342 g/mol. The number of allylic oxidation sites excluding steroid dienone is 1. The summed E-state index contributed by atoms with van der Waals surface area (Å²) in [6, 6.07) is 5.98. The van der Waals surface area contributed by atoms with Crippen molar-refractivity contribution in [3.05, 3.63) is 35.9 Å². The summed E-state index contributed by atoms with van der Waals surface area (Å²) in [5, 5.41) is 3.60. The van der Waals surface area contributed by atoms with Gasteiger partial charge in [-0.2, -0.15) is 0 Å². The minimum atomic E-state index is 0.651. The number of fused-ring (bicyclic) bond motifs is 5. The van der Waals surface area contributed by atoms with Gasteiger partial charge in [0.1, 0.15) is 0 Å². The van der Waals surface area contributed by atoms with Crippen LogP contribution in [0, 0.1) is 11.8 Å². The summed E-state index contributed by atoms with van der Waals surface area (Å²) in [6.45, 7) is 10.0. The van der Waals surface area contributed by atoms with Crippen molar-refractivity contribution in [2.45, 2.75) is 44.8 Å². The van der Waals surface area contributed by atoms with Crippen molar-refractivity contribution >= 4 is 0 Å². The number of rotatable bonds is 7. The molecule has 1 N–H and O–H groups in total. The van der Waals surface area contributed by atoms with Gasteiger partial charge >= 0.3 is 0 Å². The van der Waals surface area contributed by atoms with Gasteiger partial charge in [0.15, 0.2) is 11.5 Å². The molecular weight excluding hydrogens is 312 g/mol. The van der Waals surface area contributed by atoms with E-state index < -0.39 is 0 Å². The summed E-state index contributed by atoms with van der Waals surface area (Å²) in [5.41, 5.74) is 2.51. The van der Waals surface area contributed by atoms with E-state index in [9.17, 15) is 0 Å². The SMILES string of the molecule is C=CCc1cc(CN2[C@@H]3CC[C@H]2[C@H]2CNC[C@H]23)cc(OCC)c1OC. The average molecular weight is 342 g/mol. The molecule has 4 atom stereocenters. The van der Waals surface area contributed by atoms with Crippen LogP contribution in [0.2, 0.25) is 0 Å². The molecule has 4 heteroatoms. The molecule has 0 aliphatic carbocycles. The molecule has 0 radical (unpaired) electrons. The standard InChI is InChI=1S/C21H30N2O2/c1-4-6-15-9-14(10-20(25-5-2)21(15)24-3)13-23-18-7-8-19(23)17-12-22-11-16(17)18/h4,9-10,16-19,22H,1,5-8,11-13H2,2-3H3/t16-,17+,18-,19+. The Balaban J connectivity index is 1.61. The maximum atomic E-state index is 5.88. The molecule has 0 aromatic heterocycles. The highest BCUT2D eigenvalue weighted by Crippen LogP contribution is 2.48. The maximum Gasteiger partial charge on any atom is 0.164 e. The van der Waals surface area contributed by atoms with Crippen LogP contribution in [0.15, 0.2) is 24.8 Å². The fourth-order valence-electron chi connectivity index (χ4n) is 5.46. The molecule has 2 bridgehead atoms. The molecule has 3 aliphatic rings. The number of nitrogens with one attached hydrogen (secondary N) is 1. The first kappa shape index (κ1) is 16.9. The number of hydrogen-bond donors (Lipinski definition) is 1. The van der Waals surface area contributed by atoms with Crippen molar-refractivity contribution in [2.75, 3.05) is 26.8 Å². The first-order chi connectivity index (χ1) is 12.3. The number of nitrogens with zero attached hydrogens (tertiary/aromatic N) is 1. The molecule has 136 valence electrons. The van der Waals surface area contributed by atoms with Crippen molar-refractivity contribution < 1.29 is 9.47 Å². The van der Waals surface area contributed by atoms with Gasteiger partial charge in [0.05, 0.1) is 13.7 Å². The topological polar surface area (TPSA) is 33.7 Å². The highest BCUT2D eigenvalue weighted by atomic mass is 16.5. The lowest BCUT2D eigenvalue weighted by Gasteiger charge is -2.25. The molecule has 0 amide bonds. The lowest BCUT2D eigenvalue weighted by molar-refractivity contribution is 0.218. The summed E-state index contributed by atoms with van der Waals surface area (Å²) < 4.78 is 11.5. The molecule has 0 spiro atoms. The Kier molecular flexibility index (Phi) is 4.74. The van der Waals surface area contributed by atoms with Crippen LogP contribution in [0.4, 0.5) is 0 Å². The molecule has 3 saturated heterocycles. The Morgan fingerprint density at radius 1 is 1.24 bits per heavy atom. The second kappa shape index (κ2) is 7.00. The van der Waals surface area contributed by atoms with Crippen LogP contribution in [0.3, 0.4) is 0 Å². The normalized spacial score (nSPS) is 30.5. The zero-order chi connectivity index (χ0) is 17.4. The Morgan fingerprint density at radius 2 is 1.96 bits per heavy atom. The Bertz CT molecular complexity index is 627. The first-order valence-electron chi connectivity index (χ1n) is 9.66. The van der Waals surface area contributed by atoms with Gasteiger partial charge in [-0.1, -0.05) is 12.1 Å². The van der Waals surface area contributed by atoms with Gasteiger partial charge in [-0.05, 0) is 62.7 Å². The summed E-state index contributed by atoms with van der Waals surface area (Å²) in [7, 11) is 1.72. The number of hydrogen-bond acceptors (Lipinski definition) is 4. The third-order valence-corrected chi connectivity index (χ3v) is 6.33. The van der Waals surface area contributed by atoms with Gasteiger partial charge in [0.25, 0.3) is 0 Å². The van der Waals surface area contributed by atoms with Crippen molar-refractivity contribution in [1.29, 1.82) is 0 Å².